The van der Waals surface area contributed by atoms with Gasteiger partial charge in [0, 0.05) is 56.4 Å². The molecule has 51 heavy (non-hydrogen) atoms. The van der Waals surface area contributed by atoms with E-state index in [1.807, 2.05) is 13.8 Å². The highest BCUT2D eigenvalue weighted by Crippen LogP contribution is 2.39. The lowest BCUT2D eigenvalue weighted by molar-refractivity contribution is -0.124. The van der Waals surface area contributed by atoms with Crippen LogP contribution in [0.15, 0.2) is 24.5 Å². The Hall–Kier alpha value is -1.94. The van der Waals surface area contributed by atoms with E-state index >= 15 is 0 Å². The number of unbranched alkanes of at least 4 members (excludes halogenated alkanes) is 4. The first-order chi connectivity index (χ1) is 23.5. The van der Waals surface area contributed by atoms with E-state index in [2.05, 4.69) is 44.9 Å². The zero-order chi connectivity index (χ0) is 40.0. The lowest BCUT2D eigenvalue weighted by Crippen LogP contribution is -2.26. The standard InChI is InChI=1S/C19H35NO2.C16H32NO5P.C2H5O3P/c1-16(2)12-8-6-5-7-11-15-20-19(22)14-10-9-13-18(21)17(3)4;1-12(2)6-5-9-17-16(19)8-7-14(11-23(20,21)22)10-15(18)13(3)4;1-2-6(3,4)5/h9-10,16-17H,5-8,11-15H2,1-4H3,(H,20,22);12-14H,5-11H2,1-4H3,(H,17,19)(H2,20,21,22);2H,1H2,(H2,3,4,5)/b10-9+;;. The van der Waals surface area contributed by atoms with Crippen molar-refractivity contribution in [1.82, 2.24) is 10.6 Å². The molecule has 2 amide bonds. The van der Waals surface area contributed by atoms with Crippen LogP contribution in [0.2, 0.25) is 0 Å². The summed E-state index contributed by atoms with van der Waals surface area (Å²) in [5.74, 6) is 1.58. The Labute approximate surface area is 308 Å². The molecule has 300 valence electrons. The van der Waals surface area contributed by atoms with Crippen molar-refractivity contribution in [3.8, 4) is 0 Å². The minimum Gasteiger partial charge on any atom is -0.356 e. The molecule has 12 nitrogen and oxygen atoms in total. The molecule has 0 aliphatic carbocycles. The molecule has 0 rings (SSSR count). The molecule has 0 aliphatic heterocycles. The van der Waals surface area contributed by atoms with Gasteiger partial charge in [0.25, 0.3) is 0 Å². The molecule has 0 saturated heterocycles. The minimum absolute atomic E-state index is 0.0270. The Morgan fingerprint density at radius 3 is 1.57 bits per heavy atom. The number of allylic oxidation sites excluding steroid dienone is 1. The minimum atomic E-state index is -4.19. The highest BCUT2D eigenvalue weighted by Gasteiger charge is 2.25. The zero-order valence-electron chi connectivity index (χ0n) is 32.8. The van der Waals surface area contributed by atoms with E-state index in [0.29, 0.717) is 37.5 Å². The summed E-state index contributed by atoms with van der Waals surface area (Å²) in [4.78, 5) is 80.5. The number of Topliss-reactive ketones (excluding diaryl/α,β-unsaturated/α-hetero) is 2. The summed E-state index contributed by atoms with van der Waals surface area (Å²) < 4.78 is 20.8. The summed E-state index contributed by atoms with van der Waals surface area (Å²) in [6.45, 7) is 20.3. The Bertz CT molecular complexity index is 1090. The van der Waals surface area contributed by atoms with E-state index in [0.717, 1.165) is 31.7 Å². The third-order valence-corrected chi connectivity index (χ3v) is 9.11. The average molecular weight is 767 g/mol. The summed E-state index contributed by atoms with van der Waals surface area (Å²) in [5.41, 5.74) is 0. The van der Waals surface area contributed by atoms with Gasteiger partial charge in [0.2, 0.25) is 11.8 Å². The number of rotatable bonds is 26. The Kier molecular flexibility index (Phi) is 33.1. The van der Waals surface area contributed by atoms with Gasteiger partial charge in [0.1, 0.15) is 11.6 Å². The van der Waals surface area contributed by atoms with E-state index in [-0.39, 0.29) is 54.2 Å². The van der Waals surface area contributed by atoms with Crippen molar-refractivity contribution in [2.24, 2.45) is 29.6 Å². The molecule has 0 bridgehead atoms. The third kappa shape index (κ3) is 44.1. The molecule has 14 heteroatoms. The van der Waals surface area contributed by atoms with Gasteiger partial charge in [-0.05, 0) is 43.4 Å². The first-order valence-electron chi connectivity index (χ1n) is 18.5. The van der Waals surface area contributed by atoms with Crippen molar-refractivity contribution in [2.45, 2.75) is 139 Å². The monoisotopic (exact) mass is 766 g/mol. The zero-order valence-corrected chi connectivity index (χ0v) is 34.6. The van der Waals surface area contributed by atoms with Gasteiger partial charge in [-0.1, -0.05) is 106 Å². The van der Waals surface area contributed by atoms with Crippen LogP contribution >= 0.6 is 15.2 Å². The lowest BCUT2D eigenvalue weighted by atomic mass is 9.94. The van der Waals surface area contributed by atoms with Gasteiger partial charge < -0.3 is 30.2 Å². The molecule has 0 aliphatic rings. The normalized spacial score (nSPS) is 12.3. The van der Waals surface area contributed by atoms with Gasteiger partial charge in [-0.15, -0.1) is 0 Å². The summed E-state index contributed by atoms with van der Waals surface area (Å²) in [7, 11) is -8.07. The molecule has 0 heterocycles. The van der Waals surface area contributed by atoms with Crippen LogP contribution in [0.5, 0.6) is 0 Å². The van der Waals surface area contributed by atoms with E-state index in [1.54, 1.807) is 26.0 Å². The number of ketones is 2. The number of hydrogen-bond acceptors (Lipinski definition) is 6. The van der Waals surface area contributed by atoms with Crippen molar-refractivity contribution >= 4 is 38.6 Å². The summed E-state index contributed by atoms with van der Waals surface area (Å²) in [6.07, 6.45) is 14.1. The Morgan fingerprint density at radius 2 is 1.08 bits per heavy atom. The van der Waals surface area contributed by atoms with Crippen molar-refractivity contribution < 1.29 is 47.9 Å². The van der Waals surface area contributed by atoms with Crippen LogP contribution in [-0.4, -0.2) is 62.2 Å². The second-order valence-electron chi connectivity index (χ2n) is 14.5. The number of hydrogen-bond donors (Lipinski definition) is 6. The fourth-order valence-corrected chi connectivity index (χ4v) is 5.39. The number of carbonyl (C=O) groups is 4. The maximum absolute atomic E-state index is 11.8. The summed E-state index contributed by atoms with van der Waals surface area (Å²) in [5, 5.41) is 5.74. The quantitative estimate of drug-likeness (QED) is 0.0287. The molecule has 0 spiro atoms. The molecule has 0 radical (unpaired) electrons. The molecular formula is C37H72N2O10P2. The van der Waals surface area contributed by atoms with Crippen LogP contribution in [0.4, 0.5) is 0 Å². The van der Waals surface area contributed by atoms with E-state index < -0.39 is 21.1 Å². The molecule has 0 fully saturated rings. The Balaban J connectivity index is -0.000000778. The third-order valence-electron chi connectivity index (χ3n) is 7.64. The maximum atomic E-state index is 11.8. The molecule has 1 atom stereocenters. The average Bonchev–Trinajstić information content (AvgIpc) is 3.00. The van der Waals surface area contributed by atoms with Crippen LogP contribution in [-0.2, 0) is 28.3 Å². The first kappa shape index (κ1) is 53.4. The van der Waals surface area contributed by atoms with Crippen molar-refractivity contribution in [3.05, 3.63) is 24.5 Å². The fraction of sp³-hybridized carbons (Fsp3) is 0.784. The first-order valence-corrected chi connectivity index (χ1v) is 22.0. The molecular weight excluding hydrogens is 694 g/mol. The highest BCUT2D eigenvalue weighted by molar-refractivity contribution is 7.55. The van der Waals surface area contributed by atoms with Crippen LogP contribution in [0, 0.1) is 29.6 Å². The van der Waals surface area contributed by atoms with Gasteiger partial charge >= 0.3 is 15.2 Å². The largest absolute Gasteiger partial charge is 0.356 e. The number of amides is 2. The van der Waals surface area contributed by atoms with Gasteiger partial charge in [-0.25, -0.2) is 0 Å². The van der Waals surface area contributed by atoms with Gasteiger partial charge in [-0.2, -0.15) is 0 Å². The van der Waals surface area contributed by atoms with E-state index in [9.17, 15) is 28.3 Å². The predicted octanol–water partition coefficient (Wildman–Crippen LogP) is 7.70. The van der Waals surface area contributed by atoms with Crippen LogP contribution in [0.25, 0.3) is 0 Å². The molecule has 6 N–H and O–H groups in total. The number of carbonyl (C=O) groups excluding carboxylic acids is 4. The molecule has 0 aromatic carbocycles. The summed E-state index contributed by atoms with van der Waals surface area (Å²) in [6, 6.07) is 0. The van der Waals surface area contributed by atoms with Crippen LogP contribution < -0.4 is 10.6 Å². The van der Waals surface area contributed by atoms with Crippen LogP contribution in [0.1, 0.15) is 139 Å². The SMILES string of the molecule is C=CP(=O)(O)O.CC(C)CCCCCCCNC(=O)C/C=C/CC(=O)C(C)C.CC(C)CCCNC(=O)CCC(CC(=O)C(C)C)CP(=O)(O)O. The topological polar surface area (TPSA) is 207 Å². The highest BCUT2D eigenvalue weighted by atomic mass is 31.2. The van der Waals surface area contributed by atoms with Crippen molar-refractivity contribution in [1.29, 1.82) is 0 Å². The second kappa shape index (κ2) is 31.6. The fourth-order valence-electron chi connectivity index (χ4n) is 4.41. The van der Waals surface area contributed by atoms with Gasteiger partial charge in [0.15, 0.2) is 0 Å². The predicted molar refractivity (Wildman–Crippen MR) is 207 cm³/mol. The number of nitrogens with one attached hydrogen (secondary N) is 2. The van der Waals surface area contributed by atoms with Gasteiger partial charge in [-0.3, -0.25) is 28.3 Å². The Morgan fingerprint density at radius 1 is 0.627 bits per heavy atom. The van der Waals surface area contributed by atoms with Crippen molar-refractivity contribution in [3.63, 3.8) is 0 Å². The molecule has 0 saturated carbocycles. The molecule has 0 aromatic heterocycles. The van der Waals surface area contributed by atoms with E-state index in [1.165, 1.54) is 32.1 Å². The molecule has 1 unspecified atom stereocenters. The summed E-state index contributed by atoms with van der Waals surface area (Å²) >= 11 is 0. The second-order valence-corrected chi connectivity index (χ2v) is 17.8. The lowest BCUT2D eigenvalue weighted by Gasteiger charge is -2.18. The maximum Gasteiger partial charge on any atom is 0.348 e. The van der Waals surface area contributed by atoms with E-state index in [4.69, 9.17) is 19.6 Å². The van der Waals surface area contributed by atoms with Crippen LogP contribution in [0.3, 0.4) is 0 Å². The van der Waals surface area contributed by atoms with Crippen molar-refractivity contribution in [2.75, 3.05) is 19.3 Å². The molecule has 0 aromatic rings. The smallest absolute Gasteiger partial charge is 0.348 e. The van der Waals surface area contributed by atoms with Gasteiger partial charge in [0.05, 0.1) is 6.16 Å².